The van der Waals surface area contributed by atoms with E-state index in [0.717, 1.165) is 0 Å². The van der Waals surface area contributed by atoms with Crippen molar-refractivity contribution in [2.24, 2.45) is 0 Å². The molecule has 2 atom stereocenters. The summed E-state index contributed by atoms with van der Waals surface area (Å²) in [6.45, 7) is 0.466. The fourth-order valence-electron chi connectivity index (χ4n) is 3.04. The Morgan fingerprint density at radius 3 is 1.96 bits per heavy atom. The van der Waals surface area contributed by atoms with Gasteiger partial charge in [-0.25, -0.2) is 4.39 Å². The van der Waals surface area contributed by atoms with Gasteiger partial charge in [-0.05, 0) is 13.5 Å². The molecule has 0 aliphatic carbocycles. The van der Waals surface area contributed by atoms with E-state index in [1.807, 2.05) is 0 Å². The van der Waals surface area contributed by atoms with Gasteiger partial charge < -0.3 is 0 Å². The van der Waals surface area contributed by atoms with Crippen LogP contribution in [0.1, 0.15) is 32.6 Å². The molecule has 1 heterocycles. The molecule has 13 heteroatoms. The molecule has 1 aliphatic heterocycles. The van der Waals surface area contributed by atoms with Crippen molar-refractivity contribution in [3.8, 4) is 0 Å². The van der Waals surface area contributed by atoms with Crippen LogP contribution >= 0.6 is 0 Å². The second kappa shape index (κ2) is 7.96. The summed E-state index contributed by atoms with van der Waals surface area (Å²) in [5.41, 5.74) is -4.06. The fourth-order valence-corrected chi connectivity index (χ4v) is 3.04. The van der Waals surface area contributed by atoms with Gasteiger partial charge in [-0.15, -0.1) is 0 Å². The molecule has 0 bridgehead atoms. The molecule has 0 spiro atoms. The number of alkyl halides is 10. The predicted molar refractivity (Wildman–Crippen MR) is 78.3 cm³/mol. The number of carbonyl (C=O) groups is 1. The molecular weight excluding hydrogens is 414 g/mol. The van der Waals surface area contributed by atoms with E-state index in [1.165, 1.54) is 0 Å². The van der Waals surface area contributed by atoms with Crippen molar-refractivity contribution in [3.63, 3.8) is 0 Å². The number of hydrogen-bond donors (Lipinski definition) is 1. The van der Waals surface area contributed by atoms with Crippen molar-refractivity contribution >= 4 is 5.78 Å². The minimum atomic E-state index is -7.17. The summed E-state index contributed by atoms with van der Waals surface area (Å²) >= 11 is 0. The Morgan fingerprint density at radius 2 is 1.57 bits per heavy atom. The lowest BCUT2D eigenvalue weighted by molar-refractivity contribution is -0.413. The Hall–Kier alpha value is -1.11. The van der Waals surface area contributed by atoms with Gasteiger partial charge in [0.25, 0.3) is 0 Å². The van der Waals surface area contributed by atoms with Crippen LogP contribution in [0.4, 0.5) is 43.9 Å². The van der Waals surface area contributed by atoms with Crippen molar-refractivity contribution in [3.05, 3.63) is 0 Å². The molecule has 0 amide bonds. The molecule has 1 N–H and O–H groups in total. The van der Waals surface area contributed by atoms with Crippen molar-refractivity contribution in [2.45, 2.75) is 68.4 Å². The molecule has 2 unspecified atom stereocenters. The SMILES string of the molecule is CCCCCC(=O)C(F)C1(C(F)(F)C(F)(F)C(F)(F)C(F)(F)F)NCCN1C. The van der Waals surface area contributed by atoms with Crippen LogP contribution < -0.4 is 5.32 Å². The van der Waals surface area contributed by atoms with Gasteiger partial charge >= 0.3 is 23.9 Å². The second-order valence-corrected chi connectivity index (χ2v) is 6.62. The molecule has 0 aromatic heterocycles. The smallest absolute Gasteiger partial charge is 0.296 e. The van der Waals surface area contributed by atoms with Gasteiger partial charge in [0, 0.05) is 19.5 Å². The lowest BCUT2D eigenvalue weighted by Crippen LogP contribution is -2.78. The van der Waals surface area contributed by atoms with Crippen LogP contribution in [0.25, 0.3) is 0 Å². The number of carbonyl (C=O) groups excluding carboxylic acids is 1. The lowest BCUT2D eigenvalue weighted by Gasteiger charge is -2.47. The van der Waals surface area contributed by atoms with Crippen molar-refractivity contribution in [1.82, 2.24) is 10.2 Å². The summed E-state index contributed by atoms with van der Waals surface area (Å²) in [6.07, 6.45) is -10.2. The molecular formula is C15H20F10N2O. The first-order valence-electron chi connectivity index (χ1n) is 8.35. The molecule has 1 rings (SSSR count). The summed E-state index contributed by atoms with van der Waals surface area (Å²) in [7, 11) is 0.627. The van der Waals surface area contributed by atoms with Crippen LogP contribution in [0, 0.1) is 0 Å². The highest BCUT2D eigenvalue weighted by atomic mass is 19.4. The van der Waals surface area contributed by atoms with E-state index in [0.29, 0.717) is 19.9 Å². The number of Topliss-reactive ketones (excluding diaryl/α,β-unsaturated/α-hetero) is 1. The minimum absolute atomic E-state index is 0.0101. The highest BCUT2D eigenvalue weighted by Gasteiger charge is 2.87. The highest BCUT2D eigenvalue weighted by Crippen LogP contribution is 2.57. The molecule has 0 radical (unpaired) electrons. The Balaban J connectivity index is 3.45. The Morgan fingerprint density at radius 1 is 1.04 bits per heavy atom. The maximum absolute atomic E-state index is 14.8. The first-order valence-corrected chi connectivity index (χ1v) is 8.35. The topological polar surface area (TPSA) is 32.3 Å². The first-order chi connectivity index (χ1) is 12.5. The van der Waals surface area contributed by atoms with Gasteiger partial charge in [0.1, 0.15) is 0 Å². The number of hydrogen-bond acceptors (Lipinski definition) is 3. The van der Waals surface area contributed by atoms with Gasteiger partial charge in [0.15, 0.2) is 17.6 Å². The number of nitrogens with one attached hydrogen (secondary N) is 1. The normalized spacial score (nSPS) is 23.9. The highest BCUT2D eigenvalue weighted by molar-refractivity contribution is 5.84. The van der Waals surface area contributed by atoms with Crippen LogP contribution in [0.2, 0.25) is 0 Å². The van der Waals surface area contributed by atoms with E-state index in [-0.39, 0.29) is 11.3 Å². The van der Waals surface area contributed by atoms with E-state index in [4.69, 9.17) is 0 Å². The number of ketones is 1. The van der Waals surface area contributed by atoms with Gasteiger partial charge in [-0.2, -0.15) is 39.5 Å². The molecule has 166 valence electrons. The Kier molecular flexibility index (Phi) is 7.09. The molecule has 0 aromatic carbocycles. The lowest BCUT2D eigenvalue weighted by atomic mass is 9.84. The fraction of sp³-hybridized carbons (Fsp3) is 0.933. The summed E-state index contributed by atoms with van der Waals surface area (Å²) < 4.78 is 135. The Labute approximate surface area is 154 Å². The molecule has 0 aromatic rings. The number of unbranched alkanes of at least 4 members (excludes halogenated alkanes) is 2. The molecule has 1 aliphatic rings. The van der Waals surface area contributed by atoms with Crippen molar-refractivity contribution in [1.29, 1.82) is 0 Å². The first kappa shape index (κ1) is 24.9. The third-order valence-electron chi connectivity index (χ3n) is 4.74. The van der Waals surface area contributed by atoms with E-state index in [1.54, 1.807) is 12.2 Å². The largest absolute Gasteiger partial charge is 0.460 e. The van der Waals surface area contributed by atoms with Crippen LogP contribution in [0.15, 0.2) is 0 Å². The number of nitrogens with zero attached hydrogens (tertiary/aromatic N) is 1. The maximum atomic E-state index is 14.8. The second-order valence-electron chi connectivity index (χ2n) is 6.62. The van der Waals surface area contributed by atoms with Crippen molar-refractivity contribution < 1.29 is 48.7 Å². The zero-order valence-corrected chi connectivity index (χ0v) is 15.0. The molecule has 3 nitrogen and oxygen atoms in total. The van der Waals surface area contributed by atoms with Crippen LogP contribution in [-0.4, -0.2) is 66.6 Å². The zero-order chi connectivity index (χ0) is 22.2. The van der Waals surface area contributed by atoms with Gasteiger partial charge in [-0.1, -0.05) is 19.8 Å². The van der Waals surface area contributed by atoms with Crippen LogP contribution in [0.3, 0.4) is 0 Å². The summed E-state index contributed by atoms with van der Waals surface area (Å²) in [6, 6.07) is 0. The molecule has 1 saturated heterocycles. The van der Waals surface area contributed by atoms with Crippen LogP contribution in [-0.2, 0) is 4.79 Å². The molecule has 1 fully saturated rings. The Bertz CT molecular complexity index is 566. The monoisotopic (exact) mass is 434 g/mol. The van der Waals surface area contributed by atoms with E-state index in [2.05, 4.69) is 0 Å². The zero-order valence-electron chi connectivity index (χ0n) is 15.0. The van der Waals surface area contributed by atoms with E-state index in [9.17, 15) is 48.7 Å². The predicted octanol–water partition coefficient (Wildman–Crippen LogP) is 4.17. The minimum Gasteiger partial charge on any atom is -0.296 e. The van der Waals surface area contributed by atoms with Gasteiger partial charge in [-0.3, -0.25) is 15.0 Å². The number of likely N-dealkylation sites (N-methyl/N-ethyl adjacent to an activating group) is 1. The van der Waals surface area contributed by atoms with E-state index < -0.39 is 61.1 Å². The van der Waals surface area contributed by atoms with Crippen LogP contribution in [0.5, 0.6) is 0 Å². The van der Waals surface area contributed by atoms with Gasteiger partial charge in [0.05, 0.1) is 0 Å². The molecule has 28 heavy (non-hydrogen) atoms. The van der Waals surface area contributed by atoms with Gasteiger partial charge in [0.2, 0.25) is 0 Å². The van der Waals surface area contributed by atoms with E-state index >= 15 is 0 Å². The number of rotatable bonds is 9. The average molecular weight is 434 g/mol. The maximum Gasteiger partial charge on any atom is 0.460 e. The third kappa shape index (κ3) is 3.59. The standard InChI is InChI=1S/C15H20F10N2O/c1-3-4-5-6-9(28)10(16)11(26-7-8-27(11)2)12(17,18)13(19,20)14(21,22)15(23,24)25/h10,26H,3-8H2,1-2H3. The summed E-state index contributed by atoms with van der Waals surface area (Å²) in [5, 5.41) is 1.56. The quantitative estimate of drug-likeness (QED) is 0.437. The average Bonchev–Trinajstić information content (AvgIpc) is 2.95. The summed E-state index contributed by atoms with van der Waals surface area (Å²) in [5.74, 6) is -22.1. The third-order valence-corrected chi connectivity index (χ3v) is 4.74. The summed E-state index contributed by atoms with van der Waals surface area (Å²) in [4.78, 5) is 12.1. The number of halogens is 10. The molecule has 0 saturated carbocycles. The van der Waals surface area contributed by atoms with Crippen molar-refractivity contribution in [2.75, 3.05) is 20.1 Å².